The molecule has 170 valence electrons. The highest BCUT2D eigenvalue weighted by molar-refractivity contribution is 8.00. The van der Waals surface area contributed by atoms with E-state index in [4.69, 9.17) is 11.5 Å². The van der Waals surface area contributed by atoms with Crippen LogP contribution in [0.2, 0.25) is 0 Å². The monoisotopic (exact) mass is 455 g/mol. The highest BCUT2D eigenvalue weighted by Crippen LogP contribution is 2.31. The van der Waals surface area contributed by atoms with Crippen LogP contribution in [0.25, 0.3) is 0 Å². The quantitative estimate of drug-likeness (QED) is 0.550. The van der Waals surface area contributed by atoms with Crippen molar-refractivity contribution in [2.24, 2.45) is 11.5 Å². The molecule has 0 bridgehead atoms. The number of pyridine rings is 1. The van der Waals surface area contributed by atoms with Gasteiger partial charge in [-0.25, -0.2) is 4.98 Å². The molecule has 0 spiro atoms. The number of aromatic nitrogens is 1. The summed E-state index contributed by atoms with van der Waals surface area (Å²) >= 11 is 1.16. The Balaban J connectivity index is 1.81. The molecule has 0 saturated carbocycles. The fourth-order valence-corrected chi connectivity index (χ4v) is 4.77. The van der Waals surface area contributed by atoms with Gasteiger partial charge < -0.3 is 21.7 Å². The van der Waals surface area contributed by atoms with Gasteiger partial charge in [0.1, 0.15) is 5.03 Å². The lowest BCUT2D eigenvalue weighted by atomic mass is 10.0. The molecule has 3 amide bonds. The first-order chi connectivity index (χ1) is 15.2. The number of hydrogen-bond acceptors (Lipinski definition) is 6. The van der Waals surface area contributed by atoms with E-state index in [2.05, 4.69) is 15.2 Å². The summed E-state index contributed by atoms with van der Waals surface area (Å²) in [5.41, 5.74) is 15.6. The predicted molar refractivity (Wildman–Crippen MR) is 127 cm³/mol. The topological polar surface area (TPSA) is 131 Å². The van der Waals surface area contributed by atoms with Crippen molar-refractivity contribution in [1.82, 2.24) is 4.98 Å². The molecule has 5 N–H and O–H groups in total. The van der Waals surface area contributed by atoms with Crippen LogP contribution in [-0.4, -0.2) is 41.5 Å². The standard InChI is InChI=1S/C23H29N5O3S/c1-13-14(2)20(22(25)31)23(26-15(13)3)32-12-19(29)27-17-11-16(21(24)30)7-8-18(17)28-9-5-4-6-10-28/h7-8,11H,4-6,9-10,12H2,1-3H3,(H2,24,30)(H2,25,31)(H,27,29). The molecule has 8 nitrogen and oxygen atoms in total. The maximum Gasteiger partial charge on any atom is 0.251 e. The van der Waals surface area contributed by atoms with Gasteiger partial charge in [-0.05, 0) is 69.4 Å². The number of carbonyl (C=O) groups excluding carboxylic acids is 3. The van der Waals surface area contributed by atoms with E-state index in [1.54, 1.807) is 12.1 Å². The van der Waals surface area contributed by atoms with Gasteiger partial charge in [-0.15, -0.1) is 0 Å². The highest BCUT2D eigenvalue weighted by Gasteiger charge is 2.20. The Labute approximate surface area is 192 Å². The molecule has 1 aliphatic rings. The van der Waals surface area contributed by atoms with Crippen LogP contribution >= 0.6 is 11.8 Å². The summed E-state index contributed by atoms with van der Waals surface area (Å²) in [6, 6.07) is 5.12. The molecule has 2 aromatic rings. The van der Waals surface area contributed by atoms with Crippen molar-refractivity contribution in [3.05, 3.63) is 46.1 Å². The van der Waals surface area contributed by atoms with Crippen molar-refractivity contribution in [2.75, 3.05) is 29.1 Å². The van der Waals surface area contributed by atoms with Gasteiger partial charge in [0.15, 0.2) is 0 Å². The Kier molecular flexibility index (Phi) is 7.40. The van der Waals surface area contributed by atoms with Gasteiger partial charge in [0.2, 0.25) is 11.8 Å². The van der Waals surface area contributed by atoms with E-state index in [-0.39, 0.29) is 11.7 Å². The number of nitrogens with zero attached hydrogens (tertiary/aromatic N) is 2. The fraction of sp³-hybridized carbons (Fsp3) is 0.391. The molecule has 2 heterocycles. The largest absolute Gasteiger partial charge is 0.370 e. The Morgan fingerprint density at radius 3 is 2.34 bits per heavy atom. The zero-order valence-corrected chi connectivity index (χ0v) is 19.5. The van der Waals surface area contributed by atoms with Crippen molar-refractivity contribution >= 4 is 40.9 Å². The van der Waals surface area contributed by atoms with Gasteiger partial charge in [0, 0.05) is 24.3 Å². The first-order valence-electron chi connectivity index (χ1n) is 10.6. The van der Waals surface area contributed by atoms with E-state index >= 15 is 0 Å². The summed E-state index contributed by atoms with van der Waals surface area (Å²) in [4.78, 5) is 43.1. The molecule has 9 heteroatoms. The van der Waals surface area contributed by atoms with Crippen molar-refractivity contribution < 1.29 is 14.4 Å². The Morgan fingerprint density at radius 2 is 1.72 bits per heavy atom. The third-order valence-electron chi connectivity index (χ3n) is 5.80. The molecule has 3 rings (SSSR count). The third-order valence-corrected chi connectivity index (χ3v) is 6.78. The van der Waals surface area contributed by atoms with Crippen molar-refractivity contribution in [3.63, 3.8) is 0 Å². The smallest absolute Gasteiger partial charge is 0.251 e. The van der Waals surface area contributed by atoms with Gasteiger partial charge >= 0.3 is 0 Å². The molecule has 0 aliphatic carbocycles. The molecule has 32 heavy (non-hydrogen) atoms. The van der Waals surface area contributed by atoms with E-state index in [0.29, 0.717) is 21.8 Å². The van der Waals surface area contributed by atoms with Crippen LogP contribution in [0.4, 0.5) is 11.4 Å². The van der Waals surface area contributed by atoms with Crippen LogP contribution in [0.3, 0.4) is 0 Å². The third kappa shape index (κ3) is 5.21. The summed E-state index contributed by atoms with van der Waals surface area (Å²) in [7, 11) is 0. The van der Waals surface area contributed by atoms with Crippen LogP contribution < -0.4 is 21.7 Å². The number of amides is 3. The minimum Gasteiger partial charge on any atom is -0.370 e. The molecule has 0 atom stereocenters. The molecule has 0 unspecified atom stereocenters. The highest BCUT2D eigenvalue weighted by atomic mass is 32.2. The Hall–Kier alpha value is -3.07. The normalized spacial score (nSPS) is 13.7. The second-order valence-corrected chi connectivity index (χ2v) is 8.94. The maximum absolute atomic E-state index is 12.8. The van der Waals surface area contributed by atoms with Crippen molar-refractivity contribution in [3.8, 4) is 0 Å². The average Bonchev–Trinajstić information content (AvgIpc) is 2.76. The summed E-state index contributed by atoms with van der Waals surface area (Å²) in [6.07, 6.45) is 3.34. The fourth-order valence-electron chi connectivity index (χ4n) is 3.83. The van der Waals surface area contributed by atoms with E-state index < -0.39 is 11.8 Å². The van der Waals surface area contributed by atoms with E-state index in [9.17, 15) is 14.4 Å². The lowest BCUT2D eigenvalue weighted by Crippen LogP contribution is -2.31. The van der Waals surface area contributed by atoms with Gasteiger partial charge in [0.25, 0.3) is 5.91 Å². The van der Waals surface area contributed by atoms with Crippen LogP contribution in [-0.2, 0) is 4.79 Å². The van der Waals surface area contributed by atoms with Crippen LogP contribution in [0, 0.1) is 20.8 Å². The zero-order chi connectivity index (χ0) is 23.4. The molecule has 1 aromatic heterocycles. The maximum atomic E-state index is 12.8. The molecule has 0 radical (unpaired) electrons. The first kappa shape index (κ1) is 23.6. The van der Waals surface area contributed by atoms with Crippen LogP contribution in [0.15, 0.2) is 23.2 Å². The van der Waals surface area contributed by atoms with E-state index in [1.807, 2.05) is 26.8 Å². The number of anilines is 2. The summed E-state index contributed by atoms with van der Waals surface area (Å²) < 4.78 is 0. The number of aryl methyl sites for hydroxylation is 1. The molecule has 1 saturated heterocycles. The number of rotatable bonds is 7. The molecule has 1 aromatic carbocycles. The summed E-state index contributed by atoms with van der Waals surface area (Å²) in [5.74, 6) is -1.36. The van der Waals surface area contributed by atoms with Gasteiger partial charge in [0.05, 0.1) is 22.7 Å². The number of benzene rings is 1. The van der Waals surface area contributed by atoms with Gasteiger partial charge in [-0.1, -0.05) is 11.8 Å². The number of nitrogens with two attached hydrogens (primary N) is 2. The Morgan fingerprint density at radius 1 is 1.03 bits per heavy atom. The molecule has 1 aliphatic heterocycles. The van der Waals surface area contributed by atoms with Gasteiger partial charge in [-0.3, -0.25) is 14.4 Å². The second-order valence-electron chi connectivity index (χ2n) is 7.97. The van der Waals surface area contributed by atoms with Crippen LogP contribution in [0.1, 0.15) is 56.8 Å². The minimum atomic E-state index is -0.567. The predicted octanol–water partition coefficient (Wildman–Crippen LogP) is 2.93. The zero-order valence-electron chi connectivity index (χ0n) is 18.7. The van der Waals surface area contributed by atoms with Gasteiger partial charge in [-0.2, -0.15) is 0 Å². The number of hydrogen-bond donors (Lipinski definition) is 3. The SMILES string of the molecule is Cc1nc(SCC(=O)Nc2cc(C(N)=O)ccc2N2CCCCC2)c(C(N)=O)c(C)c1C. The average molecular weight is 456 g/mol. The number of thioether (sulfide) groups is 1. The van der Waals surface area contributed by atoms with Crippen molar-refractivity contribution in [1.29, 1.82) is 0 Å². The summed E-state index contributed by atoms with van der Waals surface area (Å²) in [6.45, 7) is 7.35. The number of carbonyl (C=O) groups is 3. The number of piperidine rings is 1. The molecule has 1 fully saturated rings. The summed E-state index contributed by atoms with van der Waals surface area (Å²) in [5, 5.41) is 3.35. The molecular weight excluding hydrogens is 426 g/mol. The second kappa shape index (κ2) is 10.0. The van der Waals surface area contributed by atoms with E-state index in [1.165, 1.54) is 6.42 Å². The minimum absolute atomic E-state index is 0.0372. The Bertz CT molecular complexity index is 1060. The van der Waals surface area contributed by atoms with E-state index in [0.717, 1.165) is 60.2 Å². The lowest BCUT2D eigenvalue weighted by molar-refractivity contribution is -0.113. The number of primary amides is 2. The van der Waals surface area contributed by atoms with Crippen LogP contribution in [0.5, 0.6) is 0 Å². The van der Waals surface area contributed by atoms with Crippen molar-refractivity contribution in [2.45, 2.75) is 45.1 Å². The number of nitrogens with one attached hydrogen (secondary N) is 1. The lowest BCUT2D eigenvalue weighted by Gasteiger charge is -2.30. The molecular formula is C23H29N5O3S. The first-order valence-corrected chi connectivity index (χ1v) is 11.6.